The largest absolute Gasteiger partial charge is 0.394 e. The molecule has 0 bridgehead atoms. The van der Waals surface area contributed by atoms with Crippen LogP contribution in [0.1, 0.15) is 60.2 Å². The number of aliphatic hydroxyl groups is 1. The molecule has 0 saturated heterocycles. The number of carbonyl (C=O) groups excluding carboxylic acids is 1. The Morgan fingerprint density at radius 1 is 1.31 bits per heavy atom. The van der Waals surface area contributed by atoms with Gasteiger partial charge in [-0.15, -0.1) is 17.8 Å². The number of terminal acetylenes is 1. The Balaban J connectivity index is 1.60. The van der Waals surface area contributed by atoms with E-state index in [1.165, 1.54) is 49.0 Å². The van der Waals surface area contributed by atoms with Crippen molar-refractivity contribution in [2.45, 2.75) is 44.1 Å². The van der Waals surface area contributed by atoms with Crippen LogP contribution in [0.25, 0.3) is 0 Å². The smallest absolute Gasteiger partial charge is 0.320 e. The molecule has 0 spiro atoms. The second-order valence-electron chi connectivity index (χ2n) is 6.52. The van der Waals surface area contributed by atoms with Gasteiger partial charge in [0.2, 0.25) is 0 Å². The van der Waals surface area contributed by atoms with Crippen molar-refractivity contribution in [1.29, 1.82) is 0 Å². The van der Waals surface area contributed by atoms with Crippen LogP contribution >= 0.6 is 11.3 Å². The summed E-state index contributed by atoms with van der Waals surface area (Å²) in [6.07, 6.45) is 11.7. The van der Waals surface area contributed by atoms with Crippen molar-refractivity contribution < 1.29 is 9.90 Å². The van der Waals surface area contributed by atoms with Gasteiger partial charge in [0.25, 0.3) is 0 Å². The van der Waals surface area contributed by atoms with Gasteiger partial charge in [-0.05, 0) is 35.8 Å². The van der Waals surface area contributed by atoms with Crippen LogP contribution < -0.4 is 10.6 Å². The fourth-order valence-electron chi connectivity index (χ4n) is 3.38. The molecule has 26 heavy (non-hydrogen) atoms. The van der Waals surface area contributed by atoms with Crippen molar-refractivity contribution in [3.8, 4) is 12.3 Å². The third kappa shape index (κ3) is 4.63. The standard InChI is InChI=1S/C20H23N3O2S/c1-2-19-22-18(13-26-19)23-20(25)21-17(12-24)16-10-8-15(9-11-16)14-6-4-3-5-7-14/h1,8-11,13-14,17,24H,3-7,12H2,(H2,21,23,25). The van der Waals surface area contributed by atoms with E-state index in [0.29, 0.717) is 16.7 Å². The quantitative estimate of drug-likeness (QED) is 0.697. The summed E-state index contributed by atoms with van der Waals surface area (Å²) in [7, 11) is 0. The minimum Gasteiger partial charge on any atom is -0.394 e. The number of carbonyl (C=O) groups is 1. The maximum atomic E-state index is 12.1. The first-order valence-electron chi connectivity index (χ1n) is 8.90. The number of aromatic nitrogens is 1. The molecule has 1 atom stereocenters. The Morgan fingerprint density at radius 3 is 2.65 bits per heavy atom. The van der Waals surface area contributed by atoms with Gasteiger partial charge >= 0.3 is 6.03 Å². The molecule has 1 aliphatic rings. The predicted octanol–water partition coefficient (Wildman–Crippen LogP) is 4.03. The van der Waals surface area contributed by atoms with Crippen LogP contribution in [-0.4, -0.2) is 22.7 Å². The molecule has 2 amide bonds. The number of benzene rings is 1. The van der Waals surface area contributed by atoms with E-state index < -0.39 is 12.1 Å². The topological polar surface area (TPSA) is 74.2 Å². The van der Waals surface area contributed by atoms with Crippen LogP contribution in [0.3, 0.4) is 0 Å². The lowest BCUT2D eigenvalue weighted by atomic mass is 9.84. The molecule has 3 N–H and O–H groups in total. The molecule has 2 aromatic rings. The van der Waals surface area contributed by atoms with Crippen LogP contribution in [0.4, 0.5) is 10.6 Å². The highest BCUT2D eigenvalue weighted by molar-refractivity contribution is 7.10. The number of nitrogens with one attached hydrogen (secondary N) is 2. The van der Waals surface area contributed by atoms with E-state index in [4.69, 9.17) is 6.42 Å². The van der Waals surface area contributed by atoms with Crippen LogP contribution in [-0.2, 0) is 0 Å². The zero-order chi connectivity index (χ0) is 18.4. The number of hydrogen-bond donors (Lipinski definition) is 3. The third-order valence-corrected chi connectivity index (χ3v) is 5.55. The summed E-state index contributed by atoms with van der Waals surface area (Å²) in [6.45, 7) is -0.178. The molecule has 1 aromatic carbocycles. The number of anilines is 1. The fraction of sp³-hybridized carbons (Fsp3) is 0.400. The van der Waals surface area contributed by atoms with E-state index in [2.05, 4.69) is 33.7 Å². The Labute approximate surface area is 157 Å². The number of hydrogen-bond acceptors (Lipinski definition) is 4. The highest BCUT2D eigenvalue weighted by Crippen LogP contribution is 2.33. The first-order valence-corrected chi connectivity index (χ1v) is 9.78. The lowest BCUT2D eigenvalue weighted by Gasteiger charge is -2.23. The highest BCUT2D eigenvalue weighted by atomic mass is 32.1. The molecular formula is C20H23N3O2S. The van der Waals surface area contributed by atoms with Gasteiger partial charge in [0.15, 0.2) is 5.01 Å². The lowest BCUT2D eigenvalue weighted by molar-refractivity contribution is 0.225. The Morgan fingerprint density at radius 2 is 2.04 bits per heavy atom. The summed E-state index contributed by atoms with van der Waals surface area (Å²) >= 11 is 1.29. The van der Waals surface area contributed by atoms with E-state index in [-0.39, 0.29) is 6.61 Å². The SMILES string of the molecule is C#Cc1nc(NC(=O)NC(CO)c2ccc(C3CCCCC3)cc2)cs1. The number of nitrogens with zero attached hydrogens (tertiary/aromatic N) is 1. The highest BCUT2D eigenvalue weighted by Gasteiger charge is 2.18. The van der Waals surface area contributed by atoms with Gasteiger partial charge in [0.1, 0.15) is 5.82 Å². The number of rotatable bonds is 5. The average Bonchev–Trinajstić information content (AvgIpc) is 3.14. The number of amides is 2. The third-order valence-electron chi connectivity index (χ3n) is 4.77. The van der Waals surface area contributed by atoms with Gasteiger partial charge in [-0.25, -0.2) is 9.78 Å². The number of aliphatic hydroxyl groups excluding tert-OH is 1. The van der Waals surface area contributed by atoms with Crippen molar-refractivity contribution in [2.75, 3.05) is 11.9 Å². The van der Waals surface area contributed by atoms with Gasteiger partial charge in [-0.3, -0.25) is 5.32 Å². The maximum absolute atomic E-state index is 12.1. The van der Waals surface area contributed by atoms with Crippen LogP contribution in [0.5, 0.6) is 0 Å². The van der Waals surface area contributed by atoms with Crippen molar-refractivity contribution in [3.05, 3.63) is 45.8 Å². The predicted molar refractivity (Wildman–Crippen MR) is 104 cm³/mol. The molecule has 0 radical (unpaired) electrons. The summed E-state index contributed by atoms with van der Waals surface area (Å²) < 4.78 is 0. The van der Waals surface area contributed by atoms with Gasteiger partial charge in [0, 0.05) is 5.38 Å². The molecule has 6 heteroatoms. The van der Waals surface area contributed by atoms with E-state index in [1.54, 1.807) is 5.38 Å². The van der Waals surface area contributed by atoms with Crippen molar-refractivity contribution >= 4 is 23.2 Å². The van der Waals surface area contributed by atoms with E-state index in [0.717, 1.165) is 5.56 Å². The average molecular weight is 369 g/mol. The number of thiazole rings is 1. The molecule has 1 unspecified atom stereocenters. The number of urea groups is 1. The van der Waals surface area contributed by atoms with Crippen molar-refractivity contribution in [3.63, 3.8) is 0 Å². The summed E-state index contributed by atoms with van der Waals surface area (Å²) in [5, 5.41) is 17.3. The molecule has 1 fully saturated rings. The molecule has 1 aromatic heterocycles. The normalized spacial score (nSPS) is 15.8. The minimum absolute atomic E-state index is 0.178. The zero-order valence-electron chi connectivity index (χ0n) is 14.6. The Hall–Kier alpha value is -2.36. The van der Waals surface area contributed by atoms with Gasteiger partial charge < -0.3 is 10.4 Å². The monoisotopic (exact) mass is 369 g/mol. The molecule has 1 saturated carbocycles. The molecule has 0 aliphatic heterocycles. The fourth-order valence-corrected chi connectivity index (χ4v) is 3.93. The molecule has 1 heterocycles. The lowest BCUT2D eigenvalue weighted by Crippen LogP contribution is -2.34. The maximum Gasteiger partial charge on any atom is 0.320 e. The Kier molecular flexibility index (Phi) is 6.26. The molecule has 3 rings (SSSR count). The zero-order valence-corrected chi connectivity index (χ0v) is 15.4. The van der Waals surface area contributed by atoms with Crippen LogP contribution in [0, 0.1) is 12.3 Å². The van der Waals surface area contributed by atoms with E-state index >= 15 is 0 Å². The molecule has 136 valence electrons. The Bertz CT molecular complexity index is 773. The molecule has 5 nitrogen and oxygen atoms in total. The van der Waals surface area contributed by atoms with Gasteiger partial charge in [0.05, 0.1) is 12.6 Å². The van der Waals surface area contributed by atoms with Crippen LogP contribution in [0.15, 0.2) is 29.6 Å². The first-order chi connectivity index (χ1) is 12.7. The van der Waals surface area contributed by atoms with Gasteiger partial charge in [-0.2, -0.15) is 0 Å². The molecule has 1 aliphatic carbocycles. The van der Waals surface area contributed by atoms with Crippen LogP contribution in [0.2, 0.25) is 0 Å². The first kappa shape index (κ1) is 18.4. The van der Waals surface area contributed by atoms with Crippen molar-refractivity contribution in [2.24, 2.45) is 0 Å². The molecular weight excluding hydrogens is 346 g/mol. The van der Waals surface area contributed by atoms with Crippen molar-refractivity contribution in [1.82, 2.24) is 10.3 Å². The minimum atomic E-state index is -0.471. The second-order valence-corrected chi connectivity index (χ2v) is 7.38. The van der Waals surface area contributed by atoms with E-state index in [1.807, 2.05) is 12.1 Å². The summed E-state index contributed by atoms with van der Waals surface area (Å²) in [4.78, 5) is 16.2. The summed E-state index contributed by atoms with van der Waals surface area (Å²) in [6, 6.07) is 7.32. The van der Waals surface area contributed by atoms with Gasteiger partial charge in [-0.1, -0.05) is 43.5 Å². The second kappa shape index (κ2) is 8.84. The summed E-state index contributed by atoms with van der Waals surface area (Å²) in [5.74, 6) is 3.47. The summed E-state index contributed by atoms with van der Waals surface area (Å²) in [5.41, 5.74) is 2.23. The van der Waals surface area contributed by atoms with E-state index in [9.17, 15) is 9.90 Å².